The Kier molecular flexibility index (Phi) is 6.27. The van der Waals surface area contributed by atoms with Gasteiger partial charge in [0.15, 0.2) is 5.11 Å². The number of anilines is 2. The number of halogens is 1. The molecule has 0 unspecified atom stereocenters. The van der Waals surface area contributed by atoms with Crippen molar-refractivity contribution < 1.29 is 4.79 Å². The molecule has 2 atom stereocenters. The van der Waals surface area contributed by atoms with Gasteiger partial charge in [-0.15, -0.1) is 11.3 Å². The molecule has 2 N–H and O–H groups in total. The van der Waals surface area contributed by atoms with Crippen LogP contribution in [-0.4, -0.2) is 16.0 Å². The minimum Gasteiger partial charge on any atom is -0.351 e. The molecule has 0 saturated carbocycles. The average molecular weight is 471 g/mol. The summed E-state index contributed by atoms with van der Waals surface area (Å²) in [7, 11) is 0. The van der Waals surface area contributed by atoms with Crippen LogP contribution >= 0.6 is 35.2 Å². The van der Waals surface area contributed by atoms with Crippen LogP contribution in [0.1, 0.15) is 41.4 Å². The second-order valence-electron chi connectivity index (χ2n) is 7.75. The Labute approximate surface area is 196 Å². The fourth-order valence-corrected chi connectivity index (χ4v) is 5.14. The largest absolute Gasteiger partial charge is 0.351 e. The molecule has 1 amide bonds. The number of aromatic nitrogens is 1. The van der Waals surface area contributed by atoms with Crippen molar-refractivity contribution in [2.24, 2.45) is 5.92 Å². The Morgan fingerprint density at radius 2 is 2.06 bits per heavy atom. The van der Waals surface area contributed by atoms with Crippen LogP contribution in [0.15, 0.2) is 54.7 Å². The maximum absolute atomic E-state index is 12.1. The van der Waals surface area contributed by atoms with Crippen LogP contribution in [0.3, 0.4) is 0 Å². The van der Waals surface area contributed by atoms with Crippen LogP contribution < -0.4 is 15.5 Å². The zero-order valence-corrected chi connectivity index (χ0v) is 19.8. The quantitative estimate of drug-likeness (QED) is 0.456. The standard InChI is InChI=1S/C23H23ClN4OS2/c1-13(2)22(29)26-17-9-8-15(12-16(17)24)28-21(19-10-7-14(3)31-19)20(27-23(28)30)18-6-4-5-11-25-18/h4-13,20-21H,1-3H3,(H,26,29)(H,27,30)/t20-,21+/m0/s1. The Bertz CT molecular complexity index is 1120. The summed E-state index contributed by atoms with van der Waals surface area (Å²) in [6.07, 6.45) is 1.79. The molecule has 1 saturated heterocycles. The number of amides is 1. The number of thiophene rings is 1. The van der Waals surface area contributed by atoms with Crippen molar-refractivity contribution in [3.8, 4) is 0 Å². The predicted octanol–water partition coefficient (Wildman–Crippen LogP) is 5.88. The highest BCUT2D eigenvalue weighted by atomic mass is 35.5. The number of carbonyl (C=O) groups excluding carboxylic acids is 1. The molecule has 31 heavy (non-hydrogen) atoms. The van der Waals surface area contributed by atoms with Crippen molar-refractivity contribution in [2.75, 3.05) is 10.2 Å². The van der Waals surface area contributed by atoms with Crippen molar-refractivity contribution in [3.05, 3.63) is 75.2 Å². The molecule has 1 aliphatic heterocycles. The van der Waals surface area contributed by atoms with E-state index in [2.05, 4.69) is 39.6 Å². The highest BCUT2D eigenvalue weighted by molar-refractivity contribution is 7.80. The maximum atomic E-state index is 12.1. The minimum absolute atomic E-state index is 0.0618. The first-order chi connectivity index (χ1) is 14.8. The molecule has 1 fully saturated rings. The minimum atomic E-state index is -0.128. The molecule has 8 heteroatoms. The molecule has 3 heterocycles. The second kappa shape index (κ2) is 8.94. The number of benzene rings is 1. The number of hydrogen-bond donors (Lipinski definition) is 2. The van der Waals surface area contributed by atoms with Gasteiger partial charge in [0.05, 0.1) is 28.5 Å². The van der Waals surface area contributed by atoms with Crippen molar-refractivity contribution in [3.63, 3.8) is 0 Å². The number of aryl methyl sites for hydroxylation is 1. The second-order valence-corrected chi connectivity index (χ2v) is 9.87. The number of nitrogens with zero attached hydrogens (tertiary/aromatic N) is 2. The molecule has 0 aliphatic carbocycles. The molecular formula is C23H23ClN4OS2. The number of thiocarbonyl (C=S) groups is 1. The summed E-state index contributed by atoms with van der Waals surface area (Å²) in [5, 5.41) is 7.40. The molecule has 0 bridgehead atoms. The third-order valence-electron chi connectivity index (χ3n) is 5.16. The molecule has 1 aliphatic rings. The van der Waals surface area contributed by atoms with Gasteiger partial charge in [-0.3, -0.25) is 9.78 Å². The third-order valence-corrected chi connectivity index (χ3v) is 6.86. The van der Waals surface area contributed by atoms with Crippen molar-refractivity contribution in [2.45, 2.75) is 32.9 Å². The van der Waals surface area contributed by atoms with E-state index in [1.807, 2.05) is 50.2 Å². The van der Waals surface area contributed by atoms with Gasteiger partial charge in [0.2, 0.25) is 5.91 Å². The van der Waals surface area contributed by atoms with Gasteiger partial charge in [-0.05, 0) is 61.6 Å². The lowest BCUT2D eigenvalue weighted by Gasteiger charge is -2.27. The number of rotatable bonds is 5. The maximum Gasteiger partial charge on any atom is 0.226 e. The predicted molar refractivity (Wildman–Crippen MR) is 132 cm³/mol. The molecule has 4 rings (SSSR count). The zero-order valence-electron chi connectivity index (χ0n) is 17.4. The van der Waals surface area contributed by atoms with E-state index in [9.17, 15) is 4.79 Å². The zero-order chi connectivity index (χ0) is 22.1. The summed E-state index contributed by atoms with van der Waals surface area (Å²) >= 11 is 14.0. The fraction of sp³-hybridized carbons (Fsp3) is 0.261. The molecule has 0 spiro atoms. The van der Waals surface area contributed by atoms with Crippen molar-refractivity contribution in [1.29, 1.82) is 0 Å². The van der Waals surface area contributed by atoms with E-state index in [1.165, 1.54) is 9.75 Å². The van der Waals surface area contributed by atoms with Crippen molar-refractivity contribution in [1.82, 2.24) is 10.3 Å². The van der Waals surface area contributed by atoms with Gasteiger partial charge in [-0.2, -0.15) is 0 Å². The molecule has 2 aromatic heterocycles. The summed E-state index contributed by atoms with van der Waals surface area (Å²) in [5.41, 5.74) is 2.38. The van der Waals surface area contributed by atoms with E-state index in [4.69, 9.17) is 23.8 Å². The SMILES string of the molecule is Cc1ccc([C@@H]2[C@H](c3ccccn3)NC(=S)N2c2ccc(NC(=O)C(C)C)c(Cl)c2)s1. The lowest BCUT2D eigenvalue weighted by atomic mass is 10.0. The van der Waals surface area contributed by atoms with Crippen LogP contribution in [0.2, 0.25) is 5.02 Å². The van der Waals surface area contributed by atoms with E-state index in [0.717, 1.165) is 11.4 Å². The molecular weight excluding hydrogens is 448 g/mol. The summed E-state index contributed by atoms with van der Waals surface area (Å²) in [6.45, 7) is 5.78. The van der Waals surface area contributed by atoms with Gasteiger partial charge in [0, 0.05) is 27.6 Å². The van der Waals surface area contributed by atoms with Crippen LogP contribution in [0.5, 0.6) is 0 Å². The molecule has 5 nitrogen and oxygen atoms in total. The van der Waals surface area contributed by atoms with Gasteiger partial charge in [-0.25, -0.2) is 0 Å². The smallest absolute Gasteiger partial charge is 0.226 e. The summed E-state index contributed by atoms with van der Waals surface area (Å²) in [4.78, 5) is 21.2. The summed E-state index contributed by atoms with van der Waals surface area (Å²) < 4.78 is 0. The normalized spacial score (nSPS) is 18.4. The Morgan fingerprint density at radius 1 is 1.26 bits per heavy atom. The summed E-state index contributed by atoms with van der Waals surface area (Å²) in [6, 6.07) is 15.6. The highest BCUT2D eigenvalue weighted by Gasteiger charge is 2.41. The van der Waals surface area contributed by atoms with Gasteiger partial charge < -0.3 is 15.5 Å². The molecule has 3 aromatic rings. The van der Waals surface area contributed by atoms with E-state index in [1.54, 1.807) is 17.5 Å². The monoisotopic (exact) mass is 470 g/mol. The highest BCUT2D eigenvalue weighted by Crippen LogP contribution is 2.44. The summed E-state index contributed by atoms with van der Waals surface area (Å²) in [5.74, 6) is -0.202. The third kappa shape index (κ3) is 4.44. The lowest BCUT2D eigenvalue weighted by Crippen LogP contribution is -2.29. The number of carbonyl (C=O) groups is 1. The molecule has 0 radical (unpaired) electrons. The van der Waals surface area contributed by atoms with Gasteiger partial charge in [-0.1, -0.05) is 31.5 Å². The number of pyridine rings is 1. The van der Waals surface area contributed by atoms with E-state index in [-0.39, 0.29) is 23.9 Å². The first-order valence-electron chi connectivity index (χ1n) is 10.0. The fourth-order valence-electron chi connectivity index (χ4n) is 3.57. The molecule has 160 valence electrons. The van der Waals surface area contributed by atoms with E-state index in [0.29, 0.717) is 15.8 Å². The van der Waals surface area contributed by atoms with Crippen LogP contribution in [-0.2, 0) is 4.79 Å². The number of hydrogen-bond acceptors (Lipinski definition) is 4. The first kappa shape index (κ1) is 21.7. The Morgan fingerprint density at radius 3 is 2.68 bits per heavy atom. The van der Waals surface area contributed by atoms with Crippen molar-refractivity contribution >= 4 is 57.5 Å². The van der Waals surface area contributed by atoms with Crippen LogP contribution in [0, 0.1) is 12.8 Å². The lowest BCUT2D eigenvalue weighted by molar-refractivity contribution is -0.118. The topological polar surface area (TPSA) is 57.3 Å². The Balaban J connectivity index is 1.73. The Hall–Kier alpha value is -2.48. The molecule has 1 aromatic carbocycles. The van der Waals surface area contributed by atoms with E-state index < -0.39 is 0 Å². The van der Waals surface area contributed by atoms with Gasteiger partial charge in [0.1, 0.15) is 0 Å². The van der Waals surface area contributed by atoms with E-state index >= 15 is 0 Å². The van der Waals surface area contributed by atoms with Gasteiger partial charge >= 0.3 is 0 Å². The van der Waals surface area contributed by atoms with Crippen LogP contribution in [0.4, 0.5) is 11.4 Å². The van der Waals surface area contributed by atoms with Gasteiger partial charge in [0.25, 0.3) is 0 Å². The average Bonchev–Trinajstić information content (AvgIpc) is 3.32. The number of nitrogens with one attached hydrogen (secondary N) is 2. The first-order valence-corrected chi connectivity index (χ1v) is 11.6. The van der Waals surface area contributed by atoms with Crippen LogP contribution in [0.25, 0.3) is 0 Å².